The van der Waals surface area contributed by atoms with Crippen LogP contribution in [0.15, 0.2) is 47.8 Å². The van der Waals surface area contributed by atoms with Crippen molar-refractivity contribution in [3.8, 4) is 11.6 Å². The van der Waals surface area contributed by atoms with Crippen LogP contribution in [0, 0.1) is 0 Å². The molecule has 0 radical (unpaired) electrons. The van der Waals surface area contributed by atoms with Crippen LogP contribution in [-0.2, 0) is 0 Å². The van der Waals surface area contributed by atoms with Crippen LogP contribution >= 0.6 is 0 Å². The van der Waals surface area contributed by atoms with Gasteiger partial charge < -0.3 is 19.7 Å². The highest BCUT2D eigenvalue weighted by molar-refractivity contribution is 6.00. The zero-order chi connectivity index (χ0) is 18.4. The Morgan fingerprint density at radius 3 is 2.65 bits per heavy atom. The molecule has 0 spiro atoms. The Balaban J connectivity index is 1.88. The maximum Gasteiger partial charge on any atom is 0.230 e. The molecule has 0 unspecified atom stereocenters. The summed E-state index contributed by atoms with van der Waals surface area (Å²) < 4.78 is 6.08. The van der Waals surface area contributed by atoms with Crippen molar-refractivity contribution in [1.82, 2.24) is 9.88 Å². The summed E-state index contributed by atoms with van der Waals surface area (Å²) in [6.45, 7) is 7.90. The van der Waals surface area contributed by atoms with Crippen molar-refractivity contribution in [1.29, 1.82) is 0 Å². The van der Waals surface area contributed by atoms with Gasteiger partial charge in [-0.25, -0.2) is 4.98 Å². The molecule has 2 aromatic rings. The van der Waals surface area contributed by atoms with Crippen molar-refractivity contribution in [3.05, 3.63) is 48.2 Å². The molecule has 6 nitrogen and oxygen atoms in total. The number of likely N-dealkylation sites (tertiary alicyclic amines) is 1. The SMILES string of the molecule is CCN(CC)c1cccc(Oc2ncccc2/C(=N/O)N2CCCC2)c1. The fourth-order valence-electron chi connectivity index (χ4n) is 3.30. The number of pyridine rings is 1. The monoisotopic (exact) mass is 354 g/mol. The standard InChI is InChI=1S/C20H26N4O2/c1-3-23(4-2)16-9-7-10-17(15-16)26-20-18(11-8-12-21-20)19(22-25)24-13-5-6-14-24/h7-12,15,25H,3-6,13-14H2,1-2H3/b22-19-. The van der Waals surface area contributed by atoms with Crippen LogP contribution in [0.1, 0.15) is 32.3 Å². The number of benzene rings is 1. The van der Waals surface area contributed by atoms with Crippen molar-refractivity contribution in [2.45, 2.75) is 26.7 Å². The van der Waals surface area contributed by atoms with E-state index in [0.29, 0.717) is 23.0 Å². The van der Waals surface area contributed by atoms with Gasteiger partial charge >= 0.3 is 0 Å². The maximum atomic E-state index is 9.57. The predicted octanol–water partition coefficient (Wildman–Crippen LogP) is 3.95. The second-order valence-corrected chi connectivity index (χ2v) is 6.25. The van der Waals surface area contributed by atoms with E-state index in [0.717, 1.165) is 44.7 Å². The van der Waals surface area contributed by atoms with Crippen LogP contribution in [0.4, 0.5) is 5.69 Å². The van der Waals surface area contributed by atoms with E-state index in [4.69, 9.17) is 4.74 Å². The molecule has 1 fully saturated rings. The summed E-state index contributed by atoms with van der Waals surface area (Å²) in [6, 6.07) is 11.7. The smallest absolute Gasteiger partial charge is 0.230 e. The van der Waals surface area contributed by atoms with Gasteiger partial charge in [-0.15, -0.1) is 0 Å². The zero-order valence-electron chi connectivity index (χ0n) is 15.4. The number of aromatic nitrogens is 1. The lowest BCUT2D eigenvalue weighted by molar-refractivity contribution is 0.306. The quantitative estimate of drug-likeness (QED) is 0.368. The van der Waals surface area contributed by atoms with Crippen molar-refractivity contribution in [2.24, 2.45) is 5.16 Å². The molecule has 0 amide bonds. The van der Waals surface area contributed by atoms with Crippen LogP contribution in [0.3, 0.4) is 0 Å². The third kappa shape index (κ3) is 3.90. The molecule has 0 atom stereocenters. The molecule has 26 heavy (non-hydrogen) atoms. The van der Waals surface area contributed by atoms with Gasteiger partial charge in [0.25, 0.3) is 0 Å². The van der Waals surface area contributed by atoms with Gasteiger partial charge in [-0.1, -0.05) is 11.2 Å². The van der Waals surface area contributed by atoms with Crippen LogP contribution in [0.5, 0.6) is 11.6 Å². The first-order chi connectivity index (χ1) is 12.8. The lowest BCUT2D eigenvalue weighted by Crippen LogP contribution is -2.29. The molecule has 1 aliphatic heterocycles. The average molecular weight is 354 g/mol. The van der Waals surface area contributed by atoms with Crippen LogP contribution < -0.4 is 9.64 Å². The van der Waals surface area contributed by atoms with Gasteiger partial charge in [-0.05, 0) is 51.0 Å². The minimum atomic E-state index is 0.448. The van der Waals surface area contributed by atoms with Crippen molar-refractivity contribution in [2.75, 3.05) is 31.1 Å². The molecule has 1 saturated heterocycles. The summed E-state index contributed by atoms with van der Waals surface area (Å²) in [6.07, 6.45) is 3.88. The molecule has 2 heterocycles. The van der Waals surface area contributed by atoms with Gasteiger partial charge in [0.2, 0.25) is 5.88 Å². The van der Waals surface area contributed by atoms with E-state index in [1.165, 1.54) is 0 Å². The number of oxime groups is 1. The topological polar surface area (TPSA) is 61.2 Å². The third-order valence-electron chi connectivity index (χ3n) is 4.67. The fraction of sp³-hybridized carbons (Fsp3) is 0.400. The normalized spacial score (nSPS) is 14.5. The highest BCUT2D eigenvalue weighted by Gasteiger charge is 2.22. The molecule has 3 rings (SSSR count). The van der Waals surface area contributed by atoms with Gasteiger partial charge in [0.15, 0.2) is 5.84 Å². The molecule has 1 aromatic carbocycles. The van der Waals surface area contributed by atoms with Gasteiger partial charge in [0.1, 0.15) is 5.75 Å². The molecule has 6 heteroatoms. The molecular formula is C20H26N4O2. The van der Waals surface area contributed by atoms with E-state index in [2.05, 4.69) is 39.9 Å². The molecule has 0 aliphatic carbocycles. The Morgan fingerprint density at radius 2 is 1.96 bits per heavy atom. The Labute approximate surface area is 154 Å². The number of hydrogen-bond donors (Lipinski definition) is 1. The lowest BCUT2D eigenvalue weighted by atomic mass is 10.2. The zero-order valence-corrected chi connectivity index (χ0v) is 15.4. The predicted molar refractivity (Wildman–Crippen MR) is 103 cm³/mol. The maximum absolute atomic E-state index is 9.57. The number of anilines is 1. The molecule has 0 saturated carbocycles. The van der Waals surface area contributed by atoms with E-state index >= 15 is 0 Å². The van der Waals surface area contributed by atoms with E-state index in [9.17, 15) is 5.21 Å². The summed E-state index contributed by atoms with van der Waals surface area (Å²) in [4.78, 5) is 8.70. The second-order valence-electron chi connectivity index (χ2n) is 6.25. The summed E-state index contributed by atoms with van der Waals surface area (Å²) >= 11 is 0. The van der Waals surface area contributed by atoms with E-state index in [-0.39, 0.29) is 0 Å². The number of rotatable bonds is 6. The summed E-state index contributed by atoms with van der Waals surface area (Å²) in [5.41, 5.74) is 1.81. The van der Waals surface area contributed by atoms with Crippen LogP contribution in [-0.4, -0.2) is 47.1 Å². The van der Waals surface area contributed by atoms with Gasteiger partial charge in [0.05, 0.1) is 5.56 Å². The molecule has 0 bridgehead atoms. The highest BCUT2D eigenvalue weighted by Crippen LogP contribution is 2.28. The molecule has 1 aliphatic rings. The molecule has 1 N–H and O–H groups in total. The van der Waals surface area contributed by atoms with E-state index in [1.54, 1.807) is 6.20 Å². The first kappa shape index (κ1) is 18.0. The summed E-state index contributed by atoms with van der Waals surface area (Å²) in [7, 11) is 0. The summed E-state index contributed by atoms with van der Waals surface area (Å²) in [5.74, 6) is 1.68. The highest BCUT2D eigenvalue weighted by atomic mass is 16.5. The van der Waals surface area contributed by atoms with Gasteiger partial charge in [-0.3, -0.25) is 0 Å². The number of nitrogens with zero attached hydrogens (tertiary/aromatic N) is 4. The molecule has 138 valence electrons. The Kier molecular flexibility index (Phi) is 5.94. The van der Waals surface area contributed by atoms with Gasteiger partial charge in [-0.2, -0.15) is 0 Å². The minimum absolute atomic E-state index is 0.448. The fourth-order valence-corrected chi connectivity index (χ4v) is 3.30. The average Bonchev–Trinajstić information content (AvgIpc) is 3.20. The Hall–Kier alpha value is -2.76. The first-order valence-electron chi connectivity index (χ1n) is 9.22. The number of hydrogen-bond acceptors (Lipinski definition) is 5. The van der Waals surface area contributed by atoms with Crippen LogP contribution in [0.25, 0.3) is 0 Å². The number of ether oxygens (including phenoxy) is 1. The Bertz CT molecular complexity index is 753. The molecule has 1 aromatic heterocycles. The van der Waals surface area contributed by atoms with E-state index < -0.39 is 0 Å². The van der Waals surface area contributed by atoms with Crippen molar-refractivity contribution in [3.63, 3.8) is 0 Å². The van der Waals surface area contributed by atoms with Gasteiger partial charge in [0, 0.05) is 44.1 Å². The first-order valence-corrected chi connectivity index (χ1v) is 9.22. The largest absolute Gasteiger partial charge is 0.438 e. The molecular weight excluding hydrogens is 328 g/mol. The van der Waals surface area contributed by atoms with Crippen molar-refractivity contribution >= 4 is 11.5 Å². The third-order valence-corrected chi connectivity index (χ3v) is 4.67. The second kappa shape index (κ2) is 8.56. The van der Waals surface area contributed by atoms with E-state index in [1.807, 2.05) is 30.3 Å². The summed E-state index contributed by atoms with van der Waals surface area (Å²) in [5, 5.41) is 13.1. The minimum Gasteiger partial charge on any atom is -0.438 e. The Morgan fingerprint density at radius 1 is 1.19 bits per heavy atom. The van der Waals surface area contributed by atoms with Crippen LogP contribution in [0.2, 0.25) is 0 Å². The lowest BCUT2D eigenvalue weighted by Gasteiger charge is -2.22. The van der Waals surface area contributed by atoms with Crippen molar-refractivity contribution < 1.29 is 9.94 Å². The number of amidine groups is 1.